The van der Waals surface area contributed by atoms with Crippen LogP contribution < -0.4 is 15.5 Å². The first-order chi connectivity index (χ1) is 12.0. The van der Waals surface area contributed by atoms with E-state index in [1.807, 2.05) is 19.9 Å². The molecule has 1 aromatic heterocycles. The van der Waals surface area contributed by atoms with E-state index >= 15 is 0 Å². The Morgan fingerprint density at radius 3 is 2.72 bits per heavy atom. The molecule has 0 spiro atoms. The molecule has 0 aliphatic carbocycles. The van der Waals surface area contributed by atoms with E-state index in [1.165, 1.54) is 0 Å². The average molecular weight is 346 g/mol. The smallest absolute Gasteiger partial charge is 0.253 e. The number of carbonyl (C=O) groups is 2. The summed E-state index contributed by atoms with van der Waals surface area (Å²) >= 11 is 0. The lowest BCUT2D eigenvalue weighted by Crippen LogP contribution is -2.46. The van der Waals surface area contributed by atoms with E-state index in [0.29, 0.717) is 18.5 Å². The highest BCUT2D eigenvalue weighted by molar-refractivity contribution is 5.97. The van der Waals surface area contributed by atoms with Gasteiger partial charge in [-0.25, -0.2) is 4.98 Å². The molecule has 3 rings (SSSR count). The normalized spacial score (nSPS) is 27.4. The minimum absolute atomic E-state index is 0.105. The number of morpholine rings is 1. The van der Waals surface area contributed by atoms with Crippen molar-refractivity contribution in [2.45, 2.75) is 51.4 Å². The molecule has 25 heavy (non-hydrogen) atoms. The van der Waals surface area contributed by atoms with Crippen molar-refractivity contribution in [1.29, 1.82) is 0 Å². The molecule has 2 aliphatic rings. The Balaban J connectivity index is 1.63. The van der Waals surface area contributed by atoms with Gasteiger partial charge >= 0.3 is 0 Å². The predicted octanol–water partition coefficient (Wildman–Crippen LogP) is 1.09. The van der Waals surface area contributed by atoms with E-state index in [4.69, 9.17) is 4.74 Å². The topological polar surface area (TPSA) is 83.6 Å². The van der Waals surface area contributed by atoms with Crippen molar-refractivity contribution in [3.05, 3.63) is 23.9 Å². The van der Waals surface area contributed by atoms with Crippen molar-refractivity contribution in [2.24, 2.45) is 0 Å². The van der Waals surface area contributed by atoms with Crippen LogP contribution in [-0.2, 0) is 9.53 Å². The fourth-order valence-corrected chi connectivity index (χ4v) is 3.39. The molecule has 0 bridgehead atoms. The molecular weight excluding hydrogens is 320 g/mol. The number of nitrogens with zero attached hydrogens (tertiary/aromatic N) is 2. The number of anilines is 1. The van der Waals surface area contributed by atoms with Gasteiger partial charge in [-0.2, -0.15) is 0 Å². The van der Waals surface area contributed by atoms with Crippen LogP contribution in [0.4, 0.5) is 5.82 Å². The molecule has 2 aliphatic heterocycles. The van der Waals surface area contributed by atoms with Crippen LogP contribution >= 0.6 is 0 Å². The molecule has 2 saturated heterocycles. The van der Waals surface area contributed by atoms with E-state index in [0.717, 1.165) is 31.7 Å². The quantitative estimate of drug-likeness (QED) is 0.856. The third-order valence-electron chi connectivity index (χ3n) is 4.59. The van der Waals surface area contributed by atoms with Gasteiger partial charge in [-0.05, 0) is 45.2 Å². The predicted molar refractivity (Wildman–Crippen MR) is 94.6 cm³/mol. The largest absolute Gasteiger partial charge is 0.372 e. The van der Waals surface area contributed by atoms with E-state index < -0.39 is 6.04 Å². The van der Waals surface area contributed by atoms with Gasteiger partial charge in [0, 0.05) is 25.8 Å². The Hall–Kier alpha value is -2.15. The van der Waals surface area contributed by atoms with Crippen molar-refractivity contribution < 1.29 is 14.3 Å². The van der Waals surface area contributed by atoms with Crippen LogP contribution in [0.2, 0.25) is 0 Å². The summed E-state index contributed by atoms with van der Waals surface area (Å²) in [6.07, 6.45) is 4.43. The van der Waals surface area contributed by atoms with Crippen molar-refractivity contribution in [3.63, 3.8) is 0 Å². The zero-order valence-corrected chi connectivity index (χ0v) is 14.8. The Morgan fingerprint density at radius 1 is 1.28 bits per heavy atom. The highest BCUT2D eigenvalue weighted by Gasteiger charge is 2.25. The summed E-state index contributed by atoms with van der Waals surface area (Å²) in [5.74, 6) is 0.474. The molecule has 0 unspecified atom stereocenters. The maximum Gasteiger partial charge on any atom is 0.253 e. The summed E-state index contributed by atoms with van der Waals surface area (Å²) in [6, 6.07) is 3.15. The van der Waals surface area contributed by atoms with E-state index in [1.54, 1.807) is 12.3 Å². The van der Waals surface area contributed by atoms with Gasteiger partial charge < -0.3 is 20.3 Å². The van der Waals surface area contributed by atoms with Gasteiger partial charge in [0.25, 0.3) is 5.91 Å². The molecule has 0 aromatic carbocycles. The molecule has 1 aromatic rings. The third-order valence-corrected chi connectivity index (χ3v) is 4.59. The summed E-state index contributed by atoms with van der Waals surface area (Å²) in [4.78, 5) is 30.9. The Bertz CT molecular complexity index is 609. The molecule has 136 valence electrons. The van der Waals surface area contributed by atoms with Crippen LogP contribution in [0, 0.1) is 0 Å². The summed E-state index contributed by atoms with van der Waals surface area (Å²) in [6.45, 7) is 6.33. The van der Waals surface area contributed by atoms with E-state index in [-0.39, 0.29) is 24.0 Å². The maximum absolute atomic E-state index is 12.4. The van der Waals surface area contributed by atoms with Gasteiger partial charge in [0.2, 0.25) is 5.91 Å². The highest BCUT2D eigenvalue weighted by Crippen LogP contribution is 2.18. The van der Waals surface area contributed by atoms with Gasteiger partial charge in [0.05, 0.1) is 17.8 Å². The number of hydrogen-bond acceptors (Lipinski definition) is 5. The van der Waals surface area contributed by atoms with Crippen molar-refractivity contribution in [1.82, 2.24) is 15.6 Å². The SMILES string of the molecule is C[C@@H]1CN(c2ccc(C(=O)N[C@@H]3CCCCNC3=O)cn2)C[C@H](C)O1. The number of aromatic nitrogens is 1. The number of amides is 2. The maximum atomic E-state index is 12.4. The first-order valence-corrected chi connectivity index (χ1v) is 8.98. The summed E-state index contributed by atoms with van der Waals surface area (Å²) in [5.41, 5.74) is 0.468. The summed E-state index contributed by atoms with van der Waals surface area (Å²) in [5, 5.41) is 5.64. The Kier molecular flexibility index (Phi) is 5.53. The second-order valence-electron chi connectivity index (χ2n) is 6.88. The Labute approximate surface area is 148 Å². The average Bonchev–Trinajstić information content (AvgIpc) is 2.79. The van der Waals surface area contributed by atoms with Crippen LogP contribution in [0.5, 0.6) is 0 Å². The summed E-state index contributed by atoms with van der Waals surface area (Å²) in [7, 11) is 0. The van der Waals surface area contributed by atoms with Crippen LogP contribution in [0.3, 0.4) is 0 Å². The van der Waals surface area contributed by atoms with Crippen LogP contribution in [0.1, 0.15) is 43.5 Å². The lowest BCUT2D eigenvalue weighted by molar-refractivity contribution is -0.122. The fraction of sp³-hybridized carbons (Fsp3) is 0.611. The number of hydrogen-bond donors (Lipinski definition) is 2. The molecule has 3 heterocycles. The first kappa shape index (κ1) is 17.7. The first-order valence-electron chi connectivity index (χ1n) is 8.98. The molecule has 0 saturated carbocycles. The third kappa shape index (κ3) is 4.48. The number of ether oxygens (including phenoxy) is 1. The number of rotatable bonds is 3. The monoisotopic (exact) mass is 346 g/mol. The summed E-state index contributed by atoms with van der Waals surface area (Å²) < 4.78 is 5.73. The van der Waals surface area contributed by atoms with Gasteiger partial charge in [0.1, 0.15) is 11.9 Å². The van der Waals surface area contributed by atoms with Crippen LogP contribution in [-0.4, -0.2) is 54.7 Å². The zero-order chi connectivity index (χ0) is 17.8. The molecule has 7 heteroatoms. The molecule has 2 amide bonds. The van der Waals surface area contributed by atoms with Crippen LogP contribution in [0.15, 0.2) is 18.3 Å². The number of nitrogens with one attached hydrogen (secondary N) is 2. The molecular formula is C18H26N4O3. The van der Waals surface area contributed by atoms with E-state index in [9.17, 15) is 9.59 Å². The van der Waals surface area contributed by atoms with Gasteiger partial charge in [0.15, 0.2) is 0 Å². The number of carbonyl (C=O) groups excluding carboxylic acids is 2. The molecule has 2 N–H and O–H groups in total. The molecule has 2 fully saturated rings. The standard InChI is InChI=1S/C18H26N4O3/c1-12-10-22(11-13(2)25-12)16-7-6-14(9-20-16)17(23)21-15-5-3-4-8-19-18(15)24/h6-7,9,12-13,15H,3-5,8,10-11H2,1-2H3,(H,19,24)(H,21,23)/t12-,13+,15-/m1/s1. The van der Waals surface area contributed by atoms with Gasteiger partial charge in [-0.3, -0.25) is 9.59 Å². The lowest BCUT2D eigenvalue weighted by Gasteiger charge is -2.36. The van der Waals surface area contributed by atoms with Crippen molar-refractivity contribution >= 4 is 17.6 Å². The minimum Gasteiger partial charge on any atom is -0.372 e. The lowest BCUT2D eigenvalue weighted by atomic mass is 10.1. The second kappa shape index (κ2) is 7.82. The molecule has 7 nitrogen and oxygen atoms in total. The molecule has 3 atom stereocenters. The number of pyridine rings is 1. The van der Waals surface area contributed by atoms with E-state index in [2.05, 4.69) is 20.5 Å². The van der Waals surface area contributed by atoms with Crippen molar-refractivity contribution in [2.75, 3.05) is 24.5 Å². The highest BCUT2D eigenvalue weighted by atomic mass is 16.5. The zero-order valence-electron chi connectivity index (χ0n) is 14.8. The van der Waals surface area contributed by atoms with Gasteiger partial charge in [-0.15, -0.1) is 0 Å². The minimum atomic E-state index is -0.462. The molecule has 0 radical (unpaired) electrons. The Morgan fingerprint density at radius 2 is 2.04 bits per heavy atom. The second-order valence-corrected chi connectivity index (χ2v) is 6.88. The van der Waals surface area contributed by atoms with Crippen molar-refractivity contribution in [3.8, 4) is 0 Å². The van der Waals surface area contributed by atoms with Crippen LogP contribution in [0.25, 0.3) is 0 Å². The fourth-order valence-electron chi connectivity index (χ4n) is 3.39. The van der Waals surface area contributed by atoms with Gasteiger partial charge in [-0.1, -0.05) is 0 Å².